The molecule has 1 aliphatic heterocycles. The average molecular weight is 393 g/mol. The second kappa shape index (κ2) is 6.96. The molecule has 0 unspecified atom stereocenters. The Hall–Kier alpha value is -1.71. The molecule has 1 saturated heterocycles. The molecular weight excluding hydrogens is 360 g/mol. The molecule has 2 aliphatic rings. The number of fused-ring (bicyclic) bond motifs is 1. The molecule has 2 aromatic rings. The Bertz CT molecular complexity index is 945. The number of nitrogens with one attached hydrogen (secondary N) is 1. The highest BCUT2D eigenvalue weighted by molar-refractivity contribution is 8.03. The molecule has 0 spiro atoms. The first-order valence-electron chi connectivity index (χ1n) is 10.3. The van der Waals surface area contributed by atoms with Gasteiger partial charge < -0.3 is 11.1 Å². The Kier molecular flexibility index (Phi) is 4.87. The fourth-order valence-electron chi connectivity index (χ4n) is 4.56. The number of aryl methyl sites for hydroxylation is 1. The molecule has 148 valence electrons. The highest BCUT2D eigenvalue weighted by Crippen LogP contribution is 2.48. The van der Waals surface area contributed by atoms with Crippen LogP contribution in [-0.4, -0.2) is 12.4 Å². The molecule has 0 atom stereocenters. The average Bonchev–Trinajstić information content (AvgIpc) is 3.14. The molecule has 2 nitrogen and oxygen atoms in total. The van der Waals surface area contributed by atoms with Crippen LogP contribution < -0.4 is 11.1 Å². The van der Waals surface area contributed by atoms with E-state index in [1.807, 2.05) is 11.8 Å². The predicted molar refractivity (Wildman–Crippen MR) is 125 cm³/mol. The largest absolute Gasteiger partial charge is 0.398 e. The Morgan fingerprint density at radius 3 is 2.29 bits per heavy atom. The molecule has 0 aromatic heterocycles. The highest BCUT2D eigenvalue weighted by atomic mass is 32.2. The lowest BCUT2D eigenvalue weighted by Gasteiger charge is -2.42. The van der Waals surface area contributed by atoms with E-state index in [9.17, 15) is 0 Å². The van der Waals surface area contributed by atoms with E-state index in [1.165, 1.54) is 45.6 Å². The van der Waals surface area contributed by atoms with E-state index >= 15 is 0 Å². The number of nitrogens with two attached hydrogens (primary N) is 1. The summed E-state index contributed by atoms with van der Waals surface area (Å²) in [4.78, 5) is 1.39. The van der Waals surface area contributed by atoms with E-state index in [4.69, 9.17) is 5.73 Å². The monoisotopic (exact) mass is 392 g/mol. The fraction of sp³-hybridized carbons (Fsp3) is 0.440. The van der Waals surface area contributed by atoms with Gasteiger partial charge in [0.05, 0.1) is 0 Å². The van der Waals surface area contributed by atoms with E-state index in [0.717, 1.165) is 23.7 Å². The van der Waals surface area contributed by atoms with Gasteiger partial charge in [-0.1, -0.05) is 39.8 Å². The number of benzene rings is 2. The van der Waals surface area contributed by atoms with Gasteiger partial charge in [0.25, 0.3) is 0 Å². The summed E-state index contributed by atoms with van der Waals surface area (Å²) in [7, 11) is 0. The van der Waals surface area contributed by atoms with Crippen LogP contribution in [-0.2, 0) is 10.8 Å². The van der Waals surface area contributed by atoms with Crippen molar-refractivity contribution in [2.45, 2.75) is 58.3 Å². The molecule has 0 amide bonds. The molecule has 28 heavy (non-hydrogen) atoms. The van der Waals surface area contributed by atoms with Gasteiger partial charge in [-0.05, 0) is 82.7 Å². The Morgan fingerprint density at radius 2 is 1.64 bits per heavy atom. The second-order valence-electron chi connectivity index (χ2n) is 9.65. The van der Waals surface area contributed by atoms with Gasteiger partial charge in [0, 0.05) is 28.6 Å². The molecule has 1 fully saturated rings. The van der Waals surface area contributed by atoms with Crippen LogP contribution in [0.3, 0.4) is 0 Å². The standard InChI is InChI=1S/C25H32N2S/c1-16-10-21-22(25(4,5)9-8-24(21,2)3)13-19(16)20-12-17(6-7-23(20)26)11-18-14-27-15-28-18/h6-7,10-13,27H,8-9,14-15,26H2,1-5H3/b18-11-. The SMILES string of the molecule is Cc1cc2c(cc1-c1cc(/C=C3/CNCS3)ccc1N)C(C)(C)CCC2(C)C. The summed E-state index contributed by atoms with van der Waals surface area (Å²) in [6.45, 7) is 12.7. The van der Waals surface area contributed by atoms with Crippen molar-refractivity contribution >= 4 is 23.5 Å². The predicted octanol–water partition coefficient (Wildman–Crippen LogP) is 6.23. The van der Waals surface area contributed by atoms with Gasteiger partial charge in [-0.2, -0.15) is 0 Å². The van der Waals surface area contributed by atoms with Crippen LogP contribution in [0.5, 0.6) is 0 Å². The lowest BCUT2D eigenvalue weighted by Crippen LogP contribution is -2.34. The topological polar surface area (TPSA) is 38.0 Å². The van der Waals surface area contributed by atoms with Gasteiger partial charge in [-0.15, -0.1) is 11.8 Å². The number of hydrogen-bond donors (Lipinski definition) is 2. The molecule has 0 saturated carbocycles. The molecule has 3 N–H and O–H groups in total. The van der Waals surface area contributed by atoms with Crippen LogP contribution in [0.25, 0.3) is 17.2 Å². The Labute approximate surface area is 174 Å². The van der Waals surface area contributed by atoms with Gasteiger partial charge >= 0.3 is 0 Å². The summed E-state index contributed by atoms with van der Waals surface area (Å²) in [5, 5.41) is 3.38. The van der Waals surface area contributed by atoms with Crippen molar-refractivity contribution < 1.29 is 0 Å². The lowest BCUT2D eigenvalue weighted by molar-refractivity contribution is 0.332. The van der Waals surface area contributed by atoms with Crippen LogP contribution in [0.15, 0.2) is 35.2 Å². The molecule has 4 rings (SSSR count). The third kappa shape index (κ3) is 3.51. The van der Waals surface area contributed by atoms with E-state index in [-0.39, 0.29) is 10.8 Å². The normalized spacial score (nSPS) is 21.7. The molecule has 0 radical (unpaired) electrons. The summed E-state index contributed by atoms with van der Waals surface area (Å²) >= 11 is 1.88. The van der Waals surface area contributed by atoms with Crippen LogP contribution in [0, 0.1) is 6.92 Å². The van der Waals surface area contributed by atoms with Crippen LogP contribution in [0.1, 0.15) is 62.8 Å². The van der Waals surface area contributed by atoms with Crippen LogP contribution in [0.4, 0.5) is 5.69 Å². The first kappa shape index (κ1) is 19.6. The summed E-state index contributed by atoms with van der Waals surface area (Å²) < 4.78 is 0. The third-order valence-corrected chi connectivity index (χ3v) is 7.53. The van der Waals surface area contributed by atoms with Gasteiger partial charge in [0.2, 0.25) is 0 Å². The first-order chi connectivity index (χ1) is 13.2. The van der Waals surface area contributed by atoms with Crippen molar-refractivity contribution in [3.8, 4) is 11.1 Å². The number of thioether (sulfide) groups is 1. The van der Waals surface area contributed by atoms with Crippen LogP contribution >= 0.6 is 11.8 Å². The number of anilines is 1. The minimum absolute atomic E-state index is 0.202. The molecular formula is C25H32N2S. The summed E-state index contributed by atoms with van der Waals surface area (Å²) in [6, 6.07) is 11.3. The van der Waals surface area contributed by atoms with E-state index < -0.39 is 0 Å². The van der Waals surface area contributed by atoms with Gasteiger partial charge in [-0.3, -0.25) is 0 Å². The van der Waals surface area contributed by atoms with Gasteiger partial charge in [0.15, 0.2) is 0 Å². The Balaban J connectivity index is 1.85. The summed E-state index contributed by atoms with van der Waals surface area (Å²) in [5.41, 5.74) is 15.7. The lowest BCUT2D eigenvalue weighted by atomic mass is 9.62. The van der Waals surface area contributed by atoms with Crippen molar-refractivity contribution in [1.82, 2.24) is 5.32 Å². The van der Waals surface area contributed by atoms with Gasteiger partial charge in [0.1, 0.15) is 0 Å². The quantitative estimate of drug-likeness (QED) is 0.595. The maximum atomic E-state index is 6.46. The summed E-state index contributed by atoms with van der Waals surface area (Å²) in [6.07, 6.45) is 4.75. The molecule has 0 bridgehead atoms. The minimum Gasteiger partial charge on any atom is -0.398 e. The van der Waals surface area contributed by atoms with Crippen LogP contribution in [0.2, 0.25) is 0 Å². The zero-order valence-corrected chi connectivity index (χ0v) is 18.6. The molecule has 3 heteroatoms. The molecule has 2 aromatic carbocycles. The third-order valence-electron chi connectivity index (χ3n) is 6.55. The molecule has 1 aliphatic carbocycles. The molecule has 1 heterocycles. The zero-order chi connectivity index (χ0) is 20.1. The van der Waals surface area contributed by atoms with Crippen molar-refractivity contribution in [2.24, 2.45) is 0 Å². The zero-order valence-electron chi connectivity index (χ0n) is 17.8. The van der Waals surface area contributed by atoms with Crippen molar-refractivity contribution in [2.75, 3.05) is 18.2 Å². The fourth-order valence-corrected chi connectivity index (χ4v) is 5.37. The second-order valence-corrected chi connectivity index (χ2v) is 10.8. The van der Waals surface area contributed by atoms with E-state index in [2.05, 4.69) is 76.3 Å². The smallest absolute Gasteiger partial charge is 0.0465 e. The van der Waals surface area contributed by atoms with Gasteiger partial charge in [-0.25, -0.2) is 0 Å². The number of hydrogen-bond acceptors (Lipinski definition) is 3. The van der Waals surface area contributed by atoms with E-state index in [0.29, 0.717) is 0 Å². The number of rotatable bonds is 2. The van der Waals surface area contributed by atoms with E-state index in [1.54, 1.807) is 0 Å². The van der Waals surface area contributed by atoms with Crippen molar-refractivity contribution in [3.05, 3.63) is 57.5 Å². The maximum Gasteiger partial charge on any atom is 0.0465 e. The number of nitrogen functional groups attached to an aromatic ring is 1. The minimum atomic E-state index is 0.202. The first-order valence-corrected chi connectivity index (χ1v) is 11.3. The van der Waals surface area contributed by atoms with Crippen molar-refractivity contribution in [3.63, 3.8) is 0 Å². The Morgan fingerprint density at radius 1 is 0.964 bits per heavy atom. The summed E-state index contributed by atoms with van der Waals surface area (Å²) in [5.74, 6) is 1.00. The highest BCUT2D eigenvalue weighted by Gasteiger charge is 2.37. The maximum absolute atomic E-state index is 6.46. The van der Waals surface area contributed by atoms with Crippen molar-refractivity contribution in [1.29, 1.82) is 0 Å².